The van der Waals surface area contributed by atoms with Gasteiger partial charge in [-0.25, -0.2) is 0 Å². The Hall–Kier alpha value is -1.36. The summed E-state index contributed by atoms with van der Waals surface area (Å²) in [5.41, 5.74) is 0.487. The number of likely N-dealkylation sites (N-methyl/N-ethyl adjacent to an activating group) is 1. The van der Waals surface area contributed by atoms with Crippen molar-refractivity contribution in [3.8, 4) is 0 Å². The molecule has 2 rings (SSSR count). The number of carbonyl (C=O) groups excluding carboxylic acids is 1. The van der Waals surface area contributed by atoms with Crippen molar-refractivity contribution < 1.29 is 14.4 Å². The van der Waals surface area contributed by atoms with Crippen LogP contribution in [-0.2, 0) is 12.8 Å². The third-order valence-electron chi connectivity index (χ3n) is 3.40. The molecule has 0 atom stereocenters. The van der Waals surface area contributed by atoms with Gasteiger partial charge in [-0.15, -0.1) is 0 Å². The monoisotopic (exact) mass is 266 g/mol. The van der Waals surface area contributed by atoms with Crippen molar-refractivity contribution in [1.82, 2.24) is 10.1 Å². The standard InChI is InChI=1S/C14H22N2O3/c1-4-16(9-14(2,3)18)13(17)12-10-7-5-6-8-11(10)19-15-12/h18H,4-9H2,1-3H3. The van der Waals surface area contributed by atoms with Gasteiger partial charge in [0, 0.05) is 25.1 Å². The number of carbonyl (C=O) groups is 1. The fourth-order valence-corrected chi connectivity index (χ4v) is 2.50. The summed E-state index contributed by atoms with van der Waals surface area (Å²) in [5.74, 6) is 0.713. The summed E-state index contributed by atoms with van der Waals surface area (Å²) in [5, 5.41) is 13.8. The van der Waals surface area contributed by atoms with Gasteiger partial charge in [-0.05, 0) is 40.0 Å². The van der Waals surface area contributed by atoms with Crippen molar-refractivity contribution in [3.05, 3.63) is 17.0 Å². The number of rotatable bonds is 4. The second-order valence-corrected chi connectivity index (χ2v) is 5.77. The van der Waals surface area contributed by atoms with E-state index in [0.29, 0.717) is 18.8 Å². The minimum Gasteiger partial charge on any atom is -0.389 e. The highest BCUT2D eigenvalue weighted by atomic mass is 16.5. The minimum atomic E-state index is -0.907. The Morgan fingerprint density at radius 2 is 2.11 bits per heavy atom. The maximum Gasteiger partial charge on any atom is 0.276 e. The van der Waals surface area contributed by atoms with Crippen LogP contribution in [0.1, 0.15) is 55.4 Å². The van der Waals surface area contributed by atoms with Gasteiger partial charge in [0.25, 0.3) is 5.91 Å². The van der Waals surface area contributed by atoms with Crippen molar-refractivity contribution in [2.24, 2.45) is 0 Å². The van der Waals surface area contributed by atoms with Gasteiger partial charge in [-0.3, -0.25) is 4.79 Å². The summed E-state index contributed by atoms with van der Waals surface area (Å²) in [4.78, 5) is 14.1. The summed E-state index contributed by atoms with van der Waals surface area (Å²) in [7, 11) is 0. The number of amides is 1. The average molecular weight is 266 g/mol. The van der Waals surface area contributed by atoms with E-state index in [-0.39, 0.29) is 5.91 Å². The molecule has 0 saturated heterocycles. The smallest absolute Gasteiger partial charge is 0.276 e. The van der Waals surface area contributed by atoms with Gasteiger partial charge >= 0.3 is 0 Å². The molecule has 1 aromatic rings. The molecule has 0 spiro atoms. The molecule has 5 heteroatoms. The fraction of sp³-hybridized carbons (Fsp3) is 0.714. The van der Waals surface area contributed by atoms with Crippen LogP contribution < -0.4 is 0 Å². The van der Waals surface area contributed by atoms with E-state index in [9.17, 15) is 9.90 Å². The van der Waals surface area contributed by atoms with E-state index in [1.807, 2.05) is 6.92 Å². The molecular formula is C14H22N2O3. The summed E-state index contributed by atoms with van der Waals surface area (Å²) in [6, 6.07) is 0. The topological polar surface area (TPSA) is 66.6 Å². The van der Waals surface area contributed by atoms with Crippen molar-refractivity contribution in [2.45, 2.75) is 52.1 Å². The van der Waals surface area contributed by atoms with Gasteiger partial charge < -0.3 is 14.5 Å². The predicted octanol–water partition coefficient (Wildman–Crippen LogP) is 1.79. The Kier molecular flexibility index (Phi) is 3.94. The van der Waals surface area contributed by atoms with Gasteiger partial charge in [-0.2, -0.15) is 0 Å². The average Bonchev–Trinajstić information content (AvgIpc) is 2.78. The van der Waals surface area contributed by atoms with Crippen LogP contribution in [0.25, 0.3) is 0 Å². The third-order valence-corrected chi connectivity index (χ3v) is 3.40. The van der Waals surface area contributed by atoms with E-state index >= 15 is 0 Å². The molecule has 0 saturated carbocycles. The van der Waals surface area contributed by atoms with E-state index in [0.717, 1.165) is 37.0 Å². The van der Waals surface area contributed by atoms with E-state index in [1.165, 1.54) is 0 Å². The van der Waals surface area contributed by atoms with Gasteiger partial charge in [0.15, 0.2) is 5.69 Å². The molecule has 5 nitrogen and oxygen atoms in total. The zero-order valence-corrected chi connectivity index (χ0v) is 11.9. The molecule has 0 radical (unpaired) electrons. The number of hydrogen-bond acceptors (Lipinski definition) is 4. The highest BCUT2D eigenvalue weighted by Crippen LogP contribution is 2.25. The third kappa shape index (κ3) is 3.15. The lowest BCUT2D eigenvalue weighted by Gasteiger charge is -2.27. The summed E-state index contributed by atoms with van der Waals surface area (Å²) in [6.07, 6.45) is 3.90. The molecule has 1 N–H and O–H groups in total. The minimum absolute atomic E-state index is 0.142. The van der Waals surface area contributed by atoms with Crippen LogP contribution in [0.3, 0.4) is 0 Å². The predicted molar refractivity (Wildman–Crippen MR) is 71.0 cm³/mol. The zero-order chi connectivity index (χ0) is 14.0. The molecule has 0 fully saturated rings. The van der Waals surface area contributed by atoms with Crippen LogP contribution in [-0.4, -0.2) is 39.8 Å². The van der Waals surface area contributed by atoms with Gasteiger partial charge in [0.2, 0.25) is 0 Å². The highest BCUT2D eigenvalue weighted by Gasteiger charge is 2.29. The molecule has 1 aliphatic rings. The molecule has 1 aromatic heterocycles. The molecule has 0 aromatic carbocycles. The van der Waals surface area contributed by atoms with Crippen LogP contribution >= 0.6 is 0 Å². The van der Waals surface area contributed by atoms with Crippen LogP contribution in [0.15, 0.2) is 4.52 Å². The maximum atomic E-state index is 12.5. The first-order chi connectivity index (χ1) is 8.92. The Morgan fingerprint density at radius 3 is 2.74 bits per heavy atom. The van der Waals surface area contributed by atoms with Crippen LogP contribution in [0.2, 0.25) is 0 Å². The molecule has 0 unspecified atom stereocenters. The molecule has 106 valence electrons. The molecule has 1 aliphatic carbocycles. The second kappa shape index (κ2) is 5.33. The van der Waals surface area contributed by atoms with Crippen molar-refractivity contribution in [3.63, 3.8) is 0 Å². The largest absolute Gasteiger partial charge is 0.389 e. The van der Waals surface area contributed by atoms with Gasteiger partial charge in [0.05, 0.1) is 5.60 Å². The zero-order valence-electron chi connectivity index (χ0n) is 11.9. The van der Waals surface area contributed by atoms with Crippen LogP contribution in [0, 0.1) is 0 Å². The second-order valence-electron chi connectivity index (χ2n) is 5.77. The SMILES string of the molecule is CCN(CC(C)(C)O)C(=O)c1noc2c1CCCC2. The first kappa shape index (κ1) is 14.1. The molecule has 19 heavy (non-hydrogen) atoms. The summed E-state index contributed by atoms with van der Waals surface area (Å²) in [6.45, 7) is 6.13. The summed E-state index contributed by atoms with van der Waals surface area (Å²) < 4.78 is 5.27. The first-order valence-electron chi connectivity index (χ1n) is 6.91. The number of nitrogens with zero attached hydrogens (tertiary/aromatic N) is 2. The molecule has 1 amide bonds. The Balaban J connectivity index is 2.20. The lowest BCUT2D eigenvalue weighted by atomic mass is 9.96. The van der Waals surface area contributed by atoms with E-state index in [2.05, 4.69) is 5.16 Å². The maximum absolute atomic E-state index is 12.5. The summed E-state index contributed by atoms with van der Waals surface area (Å²) >= 11 is 0. The van der Waals surface area contributed by atoms with E-state index in [4.69, 9.17) is 4.52 Å². The Morgan fingerprint density at radius 1 is 1.42 bits per heavy atom. The van der Waals surface area contributed by atoms with Gasteiger partial charge in [0.1, 0.15) is 5.76 Å². The molecular weight excluding hydrogens is 244 g/mol. The first-order valence-corrected chi connectivity index (χ1v) is 6.91. The highest BCUT2D eigenvalue weighted by molar-refractivity contribution is 5.94. The number of fused-ring (bicyclic) bond motifs is 1. The lowest BCUT2D eigenvalue weighted by molar-refractivity contribution is 0.0309. The van der Waals surface area contributed by atoms with E-state index in [1.54, 1.807) is 18.7 Å². The van der Waals surface area contributed by atoms with Crippen molar-refractivity contribution >= 4 is 5.91 Å². The van der Waals surface area contributed by atoms with E-state index < -0.39 is 5.60 Å². The van der Waals surface area contributed by atoms with Gasteiger partial charge in [-0.1, -0.05) is 5.16 Å². The fourth-order valence-electron chi connectivity index (χ4n) is 2.50. The quantitative estimate of drug-likeness (QED) is 0.902. The number of hydrogen-bond donors (Lipinski definition) is 1. The number of aliphatic hydroxyl groups is 1. The molecule has 0 aliphatic heterocycles. The molecule has 0 bridgehead atoms. The van der Waals surface area contributed by atoms with Crippen molar-refractivity contribution in [2.75, 3.05) is 13.1 Å². The normalized spacial score (nSPS) is 15.2. The lowest BCUT2D eigenvalue weighted by Crippen LogP contribution is -2.42. The number of aryl methyl sites for hydroxylation is 1. The Bertz CT molecular complexity index is 460. The van der Waals surface area contributed by atoms with Crippen LogP contribution in [0.5, 0.6) is 0 Å². The Labute approximate surface area is 113 Å². The number of aromatic nitrogens is 1. The molecule has 1 heterocycles. The van der Waals surface area contributed by atoms with Crippen molar-refractivity contribution in [1.29, 1.82) is 0 Å². The van der Waals surface area contributed by atoms with Crippen LogP contribution in [0.4, 0.5) is 0 Å².